The van der Waals surface area contributed by atoms with Gasteiger partial charge in [-0.05, 0) is 25.2 Å². The number of nitrogens with one attached hydrogen (secondary N) is 1. The van der Waals surface area contributed by atoms with Crippen LogP contribution in [0.4, 0.5) is 0 Å². The van der Waals surface area contributed by atoms with Crippen LogP contribution in [0.25, 0.3) is 0 Å². The lowest BCUT2D eigenvalue weighted by atomic mass is 9.83. The summed E-state index contributed by atoms with van der Waals surface area (Å²) in [6.45, 7) is 5.61. The smallest absolute Gasteiger partial charge is 0.157 e. The number of rotatable bonds is 5. The molecule has 1 spiro atoms. The normalized spacial score (nSPS) is 24.9. The molecule has 0 aromatic rings. The van der Waals surface area contributed by atoms with Crippen molar-refractivity contribution in [2.75, 3.05) is 12.3 Å². The molecule has 1 saturated heterocycles. The molecule has 0 aromatic carbocycles. The summed E-state index contributed by atoms with van der Waals surface area (Å²) in [5, 5.41) is 4.94. The molecule has 1 saturated carbocycles. The first-order valence-corrected chi connectivity index (χ1v) is 8.64. The number of amidine groups is 1. The molecule has 3 heteroatoms. The molecule has 0 aromatic heterocycles. The van der Waals surface area contributed by atoms with Crippen LogP contribution < -0.4 is 5.32 Å². The number of unbranched alkanes of at least 4 members (excludes halogenated alkanes) is 1. The lowest BCUT2D eigenvalue weighted by Crippen LogP contribution is -2.45. The van der Waals surface area contributed by atoms with Crippen LogP contribution in [0.15, 0.2) is 4.99 Å². The number of aliphatic imine (C=N–C) groups is 1. The van der Waals surface area contributed by atoms with E-state index in [1.54, 1.807) is 0 Å². The average molecular weight is 268 g/mol. The van der Waals surface area contributed by atoms with Crippen LogP contribution in [0.2, 0.25) is 0 Å². The van der Waals surface area contributed by atoms with Crippen molar-refractivity contribution < 1.29 is 0 Å². The molecule has 1 aliphatic carbocycles. The second-order valence-corrected chi connectivity index (χ2v) is 7.30. The van der Waals surface area contributed by atoms with E-state index in [2.05, 4.69) is 19.2 Å². The van der Waals surface area contributed by atoms with Gasteiger partial charge >= 0.3 is 0 Å². The van der Waals surface area contributed by atoms with Crippen molar-refractivity contribution in [3.05, 3.63) is 0 Å². The fourth-order valence-electron chi connectivity index (χ4n) is 2.93. The highest BCUT2D eigenvalue weighted by atomic mass is 32.2. The Bertz CT molecular complexity index is 280. The van der Waals surface area contributed by atoms with E-state index in [4.69, 9.17) is 4.99 Å². The fraction of sp³-hybridized carbons (Fsp3) is 0.933. The summed E-state index contributed by atoms with van der Waals surface area (Å²) in [4.78, 5) is 4.74. The van der Waals surface area contributed by atoms with Gasteiger partial charge in [-0.3, -0.25) is 4.99 Å². The predicted octanol–water partition coefficient (Wildman–Crippen LogP) is 4.21. The van der Waals surface area contributed by atoms with Gasteiger partial charge in [0.1, 0.15) is 0 Å². The van der Waals surface area contributed by atoms with E-state index in [-0.39, 0.29) is 0 Å². The molecular formula is C15H28N2S. The zero-order valence-electron chi connectivity index (χ0n) is 12.0. The summed E-state index contributed by atoms with van der Waals surface area (Å²) in [6, 6.07) is 0. The minimum Gasteiger partial charge on any atom is -0.359 e. The van der Waals surface area contributed by atoms with Gasteiger partial charge in [0.15, 0.2) is 5.17 Å². The van der Waals surface area contributed by atoms with Crippen molar-refractivity contribution >= 4 is 16.9 Å². The van der Waals surface area contributed by atoms with Crippen LogP contribution in [0, 0.1) is 5.92 Å². The zero-order chi connectivity index (χ0) is 12.8. The molecule has 0 unspecified atom stereocenters. The first-order chi connectivity index (χ1) is 8.70. The summed E-state index contributed by atoms with van der Waals surface area (Å²) in [5.41, 5.74) is 0.416. The Kier molecular flexibility index (Phi) is 5.40. The molecule has 1 heterocycles. The molecular weight excluding hydrogens is 240 g/mol. The van der Waals surface area contributed by atoms with Crippen LogP contribution in [-0.2, 0) is 0 Å². The Balaban J connectivity index is 1.68. The van der Waals surface area contributed by atoms with Crippen molar-refractivity contribution in [2.45, 2.75) is 70.8 Å². The number of hydrogen-bond donors (Lipinski definition) is 1. The first kappa shape index (κ1) is 14.2. The summed E-state index contributed by atoms with van der Waals surface area (Å²) >= 11 is 1.95. The van der Waals surface area contributed by atoms with Gasteiger partial charge in [0.2, 0.25) is 0 Å². The SMILES string of the molecule is CC(C)CCCCN=C1NC2(CCCCC2)CS1. The highest BCUT2D eigenvalue weighted by Gasteiger charge is 2.37. The second-order valence-electron chi connectivity index (χ2n) is 6.33. The zero-order valence-corrected chi connectivity index (χ0v) is 12.8. The van der Waals surface area contributed by atoms with Crippen molar-refractivity contribution in [2.24, 2.45) is 10.9 Å². The molecule has 0 amide bonds. The second kappa shape index (κ2) is 6.83. The Morgan fingerprint density at radius 2 is 2.00 bits per heavy atom. The first-order valence-electron chi connectivity index (χ1n) is 7.66. The maximum Gasteiger partial charge on any atom is 0.157 e. The van der Waals surface area contributed by atoms with E-state index in [1.807, 2.05) is 11.8 Å². The standard InChI is InChI=1S/C15H28N2S/c1-13(2)8-4-7-11-16-14-17-15(12-18-14)9-5-3-6-10-15/h13H,3-12H2,1-2H3,(H,16,17). The lowest BCUT2D eigenvalue weighted by molar-refractivity contribution is 0.303. The Morgan fingerprint density at radius 1 is 1.22 bits per heavy atom. The molecule has 18 heavy (non-hydrogen) atoms. The molecule has 0 bridgehead atoms. The molecule has 2 aliphatic rings. The third-order valence-electron chi connectivity index (χ3n) is 4.11. The maximum atomic E-state index is 4.74. The van der Waals surface area contributed by atoms with Gasteiger partial charge < -0.3 is 5.32 Å². The van der Waals surface area contributed by atoms with Gasteiger partial charge in [-0.1, -0.05) is 57.7 Å². The Labute approximate surface area is 116 Å². The van der Waals surface area contributed by atoms with Crippen LogP contribution in [-0.4, -0.2) is 23.0 Å². The molecule has 0 radical (unpaired) electrons. The van der Waals surface area contributed by atoms with E-state index < -0.39 is 0 Å². The third kappa shape index (κ3) is 4.18. The summed E-state index contributed by atoms with van der Waals surface area (Å²) < 4.78 is 0. The predicted molar refractivity (Wildman–Crippen MR) is 82.4 cm³/mol. The van der Waals surface area contributed by atoms with E-state index in [0.717, 1.165) is 12.5 Å². The molecule has 1 N–H and O–H groups in total. The molecule has 2 nitrogen and oxygen atoms in total. The molecule has 0 atom stereocenters. The van der Waals surface area contributed by atoms with Crippen molar-refractivity contribution in [1.82, 2.24) is 5.32 Å². The van der Waals surface area contributed by atoms with E-state index in [9.17, 15) is 0 Å². The minimum absolute atomic E-state index is 0.416. The largest absolute Gasteiger partial charge is 0.359 e. The fourth-order valence-corrected chi connectivity index (χ4v) is 4.18. The molecule has 1 aliphatic heterocycles. The van der Waals surface area contributed by atoms with Crippen molar-refractivity contribution in [1.29, 1.82) is 0 Å². The van der Waals surface area contributed by atoms with Crippen molar-refractivity contribution in [3.63, 3.8) is 0 Å². The quantitative estimate of drug-likeness (QED) is 0.755. The Morgan fingerprint density at radius 3 is 2.72 bits per heavy atom. The Hall–Kier alpha value is -0.180. The van der Waals surface area contributed by atoms with Gasteiger partial charge in [0.05, 0.1) is 0 Å². The maximum absolute atomic E-state index is 4.74. The summed E-state index contributed by atoms with van der Waals surface area (Å²) in [7, 11) is 0. The highest BCUT2D eigenvalue weighted by molar-refractivity contribution is 8.14. The van der Waals surface area contributed by atoms with Crippen molar-refractivity contribution in [3.8, 4) is 0 Å². The summed E-state index contributed by atoms with van der Waals surface area (Å²) in [6.07, 6.45) is 10.8. The van der Waals surface area contributed by atoms with E-state index in [1.165, 1.54) is 62.3 Å². The van der Waals surface area contributed by atoms with Crippen LogP contribution >= 0.6 is 11.8 Å². The van der Waals surface area contributed by atoms with Crippen LogP contribution in [0.3, 0.4) is 0 Å². The van der Waals surface area contributed by atoms with Gasteiger partial charge in [-0.15, -0.1) is 0 Å². The minimum atomic E-state index is 0.416. The molecule has 2 rings (SSSR count). The van der Waals surface area contributed by atoms with E-state index >= 15 is 0 Å². The van der Waals surface area contributed by atoms with Crippen LogP contribution in [0.5, 0.6) is 0 Å². The highest BCUT2D eigenvalue weighted by Crippen LogP contribution is 2.36. The number of thioether (sulfide) groups is 1. The monoisotopic (exact) mass is 268 g/mol. The average Bonchev–Trinajstić information content (AvgIpc) is 2.72. The van der Waals surface area contributed by atoms with Crippen LogP contribution in [0.1, 0.15) is 65.2 Å². The van der Waals surface area contributed by atoms with Gasteiger partial charge in [0, 0.05) is 17.8 Å². The summed E-state index contributed by atoms with van der Waals surface area (Å²) in [5.74, 6) is 2.08. The topological polar surface area (TPSA) is 24.4 Å². The molecule has 2 fully saturated rings. The number of nitrogens with zero attached hydrogens (tertiary/aromatic N) is 1. The lowest BCUT2D eigenvalue weighted by Gasteiger charge is -2.32. The molecule has 104 valence electrons. The van der Waals surface area contributed by atoms with Gasteiger partial charge in [0.25, 0.3) is 0 Å². The number of hydrogen-bond acceptors (Lipinski definition) is 2. The van der Waals surface area contributed by atoms with Gasteiger partial charge in [-0.25, -0.2) is 0 Å². The third-order valence-corrected chi connectivity index (χ3v) is 5.31. The van der Waals surface area contributed by atoms with E-state index in [0.29, 0.717) is 5.54 Å². The van der Waals surface area contributed by atoms with Gasteiger partial charge in [-0.2, -0.15) is 0 Å².